The van der Waals surface area contributed by atoms with Crippen molar-refractivity contribution in [1.82, 2.24) is 0 Å². The highest BCUT2D eigenvalue weighted by Crippen LogP contribution is 2.36. The summed E-state index contributed by atoms with van der Waals surface area (Å²) in [6.45, 7) is 0.386. The molecule has 0 aliphatic rings. The topological polar surface area (TPSA) is 53.7 Å². The van der Waals surface area contributed by atoms with E-state index >= 15 is 0 Å². The molecule has 4 heteroatoms. The van der Waals surface area contributed by atoms with Gasteiger partial charge in [-0.15, -0.1) is 0 Å². The van der Waals surface area contributed by atoms with Gasteiger partial charge in [0.25, 0.3) is 0 Å². The summed E-state index contributed by atoms with van der Waals surface area (Å²) in [4.78, 5) is 0. The highest BCUT2D eigenvalue weighted by Gasteiger charge is 2.12. The van der Waals surface area contributed by atoms with Crippen LogP contribution in [0.4, 0.5) is 0 Å². The van der Waals surface area contributed by atoms with Crippen LogP contribution < -0.4 is 19.9 Å². The van der Waals surface area contributed by atoms with Crippen molar-refractivity contribution in [3.63, 3.8) is 0 Å². The van der Waals surface area contributed by atoms with E-state index in [2.05, 4.69) is 0 Å². The zero-order chi connectivity index (χ0) is 14.5. The molecule has 2 aromatic rings. The maximum absolute atomic E-state index is 5.79. The van der Waals surface area contributed by atoms with Gasteiger partial charge >= 0.3 is 0 Å². The molecular formula is C16H19NO3. The molecule has 2 N–H and O–H groups in total. The Morgan fingerprint density at radius 3 is 2.30 bits per heavy atom. The molecule has 20 heavy (non-hydrogen) atoms. The van der Waals surface area contributed by atoms with Gasteiger partial charge in [-0.05, 0) is 35.4 Å². The summed E-state index contributed by atoms with van der Waals surface area (Å²) in [6, 6.07) is 11.8. The van der Waals surface area contributed by atoms with E-state index in [4.69, 9.17) is 19.9 Å². The van der Waals surface area contributed by atoms with E-state index in [9.17, 15) is 0 Å². The van der Waals surface area contributed by atoms with Gasteiger partial charge in [-0.3, -0.25) is 0 Å². The Morgan fingerprint density at radius 1 is 0.900 bits per heavy atom. The van der Waals surface area contributed by atoms with E-state index in [1.54, 1.807) is 21.3 Å². The molecule has 0 radical (unpaired) electrons. The normalized spacial score (nSPS) is 10.2. The first-order valence-corrected chi connectivity index (χ1v) is 6.32. The van der Waals surface area contributed by atoms with Crippen molar-refractivity contribution in [3.05, 3.63) is 42.0 Å². The van der Waals surface area contributed by atoms with Crippen molar-refractivity contribution in [3.8, 4) is 28.4 Å². The van der Waals surface area contributed by atoms with Gasteiger partial charge in [-0.2, -0.15) is 0 Å². The van der Waals surface area contributed by atoms with Gasteiger partial charge in [0, 0.05) is 12.1 Å². The van der Waals surface area contributed by atoms with Gasteiger partial charge < -0.3 is 19.9 Å². The molecule has 0 spiro atoms. The third-order valence-corrected chi connectivity index (χ3v) is 3.18. The Bertz CT molecular complexity index is 571. The Labute approximate surface area is 119 Å². The number of ether oxygens (including phenoxy) is 3. The van der Waals surface area contributed by atoms with E-state index in [-0.39, 0.29) is 0 Å². The average molecular weight is 273 g/mol. The SMILES string of the molecule is COc1cccc(-c2cc(CN)c(OC)c(OC)c2)c1. The fourth-order valence-electron chi connectivity index (χ4n) is 2.16. The highest BCUT2D eigenvalue weighted by molar-refractivity contribution is 5.70. The van der Waals surface area contributed by atoms with Crippen molar-refractivity contribution in [2.75, 3.05) is 21.3 Å². The maximum atomic E-state index is 5.79. The molecule has 0 unspecified atom stereocenters. The van der Waals surface area contributed by atoms with Crippen LogP contribution in [0.2, 0.25) is 0 Å². The molecule has 2 rings (SSSR count). The summed E-state index contributed by atoms with van der Waals surface area (Å²) in [7, 11) is 4.88. The van der Waals surface area contributed by atoms with Crippen molar-refractivity contribution in [2.24, 2.45) is 5.73 Å². The number of rotatable bonds is 5. The van der Waals surface area contributed by atoms with E-state index in [0.29, 0.717) is 18.0 Å². The minimum absolute atomic E-state index is 0.386. The van der Waals surface area contributed by atoms with Crippen molar-refractivity contribution < 1.29 is 14.2 Å². The Kier molecular flexibility index (Phi) is 4.48. The second-order valence-electron chi connectivity index (χ2n) is 4.31. The molecule has 0 saturated heterocycles. The first kappa shape index (κ1) is 14.2. The lowest BCUT2D eigenvalue weighted by Gasteiger charge is -2.14. The summed E-state index contributed by atoms with van der Waals surface area (Å²) in [5.41, 5.74) is 8.76. The monoisotopic (exact) mass is 273 g/mol. The van der Waals surface area contributed by atoms with E-state index in [1.165, 1.54) is 0 Å². The fraction of sp³-hybridized carbons (Fsp3) is 0.250. The standard InChI is InChI=1S/C16H19NO3/c1-18-14-6-4-5-11(8-14)12-7-13(10-17)16(20-3)15(9-12)19-2/h4-9H,10,17H2,1-3H3. The van der Waals surface area contributed by atoms with Crippen molar-refractivity contribution in [1.29, 1.82) is 0 Å². The molecule has 2 aromatic carbocycles. The third-order valence-electron chi connectivity index (χ3n) is 3.18. The second-order valence-corrected chi connectivity index (χ2v) is 4.31. The molecule has 0 atom stereocenters. The van der Waals surface area contributed by atoms with E-state index < -0.39 is 0 Å². The number of hydrogen-bond donors (Lipinski definition) is 1. The first-order valence-electron chi connectivity index (χ1n) is 6.32. The number of hydrogen-bond acceptors (Lipinski definition) is 4. The predicted octanol–water partition coefficient (Wildman–Crippen LogP) is 2.84. The summed E-state index contributed by atoms with van der Waals surface area (Å²) in [5.74, 6) is 2.17. The van der Waals surface area contributed by atoms with Crippen molar-refractivity contribution >= 4 is 0 Å². The zero-order valence-corrected chi connectivity index (χ0v) is 12.0. The van der Waals surface area contributed by atoms with E-state index in [1.807, 2.05) is 36.4 Å². The minimum atomic E-state index is 0.386. The lowest BCUT2D eigenvalue weighted by molar-refractivity contribution is 0.352. The second kappa shape index (κ2) is 6.30. The van der Waals surface area contributed by atoms with Crippen LogP contribution in [0.25, 0.3) is 11.1 Å². The fourth-order valence-corrected chi connectivity index (χ4v) is 2.16. The molecule has 0 amide bonds. The molecule has 0 saturated carbocycles. The summed E-state index contributed by atoms with van der Waals surface area (Å²) < 4.78 is 16.0. The average Bonchev–Trinajstić information content (AvgIpc) is 2.53. The Balaban J connectivity index is 2.56. The van der Waals surface area contributed by atoms with Crippen LogP contribution in [0.15, 0.2) is 36.4 Å². The van der Waals surface area contributed by atoms with Crippen LogP contribution in [0.5, 0.6) is 17.2 Å². The minimum Gasteiger partial charge on any atom is -0.497 e. The number of benzene rings is 2. The molecule has 0 aliphatic heterocycles. The zero-order valence-electron chi connectivity index (χ0n) is 12.0. The maximum Gasteiger partial charge on any atom is 0.165 e. The molecule has 4 nitrogen and oxygen atoms in total. The predicted molar refractivity (Wildman–Crippen MR) is 79.4 cm³/mol. The molecule has 0 fully saturated rings. The molecule has 0 heterocycles. The van der Waals surface area contributed by atoms with Crippen LogP contribution in [-0.2, 0) is 6.54 Å². The van der Waals surface area contributed by atoms with Gasteiger partial charge in [0.15, 0.2) is 11.5 Å². The highest BCUT2D eigenvalue weighted by atomic mass is 16.5. The first-order chi connectivity index (χ1) is 9.73. The lowest BCUT2D eigenvalue weighted by Crippen LogP contribution is -2.02. The van der Waals surface area contributed by atoms with E-state index in [0.717, 1.165) is 22.4 Å². The number of nitrogens with two attached hydrogens (primary N) is 1. The summed E-state index contributed by atoms with van der Waals surface area (Å²) in [6.07, 6.45) is 0. The molecule has 0 aromatic heterocycles. The van der Waals surface area contributed by atoms with Gasteiger partial charge in [0.1, 0.15) is 5.75 Å². The molecule has 0 aliphatic carbocycles. The Morgan fingerprint density at radius 2 is 1.70 bits per heavy atom. The molecule has 106 valence electrons. The van der Waals surface area contributed by atoms with Crippen LogP contribution >= 0.6 is 0 Å². The third kappa shape index (κ3) is 2.70. The summed E-state index contributed by atoms with van der Waals surface area (Å²) in [5, 5.41) is 0. The lowest BCUT2D eigenvalue weighted by atomic mass is 10.0. The van der Waals surface area contributed by atoms with Crippen LogP contribution in [0.1, 0.15) is 5.56 Å². The summed E-state index contributed by atoms with van der Waals surface area (Å²) >= 11 is 0. The van der Waals surface area contributed by atoms with Gasteiger partial charge in [0.05, 0.1) is 21.3 Å². The number of methoxy groups -OCH3 is 3. The smallest absolute Gasteiger partial charge is 0.165 e. The molecular weight excluding hydrogens is 254 g/mol. The van der Waals surface area contributed by atoms with Gasteiger partial charge in [-0.25, -0.2) is 0 Å². The Hall–Kier alpha value is -2.20. The van der Waals surface area contributed by atoms with Crippen LogP contribution in [0.3, 0.4) is 0 Å². The molecule has 0 bridgehead atoms. The largest absolute Gasteiger partial charge is 0.497 e. The van der Waals surface area contributed by atoms with Gasteiger partial charge in [-0.1, -0.05) is 12.1 Å². The van der Waals surface area contributed by atoms with Crippen LogP contribution in [0, 0.1) is 0 Å². The van der Waals surface area contributed by atoms with Gasteiger partial charge in [0.2, 0.25) is 0 Å². The quantitative estimate of drug-likeness (QED) is 0.910. The van der Waals surface area contributed by atoms with Crippen molar-refractivity contribution in [2.45, 2.75) is 6.54 Å². The van der Waals surface area contributed by atoms with Crippen LogP contribution in [-0.4, -0.2) is 21.3 Å².